The Kier molecular flexibility index (Phi) is 8.18. The van der Waals surface area contributed by atoms with Crippen molar-refractivity contribution in [3.8, 4) is 0 Å². The van der Waals surface area contributed by atoms with Gasteiger partial charge in [0, 0.05) is 0 Å². The van der Waals surface area contributed by atoms with Crippen molar-refractivity contribution in [3.05, 3.63) is 0 Å². The Labute approximate surface area is 125 Å². The maximum absolute atomic E-state index is 11.9. The van der Waals surface area contributed by atoms with Gasteiger partial charge in [-0.25, -0.2) is 0 Å². The van der Waals surface area contributed by atoms with E-state index in [0.29, 0.717) is 6.61 Å². The van der Waals surface area contributed by atoms with Crippen molar-refractivity contribution in [3.63, 3.8) is 0 Å². The zero-order valence-corrected chi connectivity index (χ0v) is 14.0. The predicted molar refractivity (Wildman–Crippen MR) is 61.4 cm³/mol. The van der Waals surface area contributed by atoms with E-state index in [2.05, 4.69) is 0 Å². The van der Waals surface area contributed by atoms with Crippen molar-refractivity contribution in [1.29, 1.82) is 0 Å². The van der Waals surface area contributed by atoms with Crippen molar-refractivity contribution in [2.45, 2.75) is 40.5 Å². The molecule has 0 radical (unpaired) electrons. The third-order valence-corrected chi connectivity index (χ3v) is 4.14. The number of hydrogen-bond acceptors (Lipinski definition) is 6. The molecular formula is C12H18O6Zr. The Bertz CT molecular complexity index is 340. The number of hydrogen-bond donors (Lipinski definition) is 0. The number of carbonyl (C=O) groups excluding carboxylic acids is 4. The van der Waals surface area contributed by atoms with E-state index in [4.69, 9.17) is 5.63 Å². The maximum atomic E-state index is 11.9. The first-order chi connectivity index (χ1) is 8.81. The summed E-state index contributed by atoms with van der Waals surface area (Å²) < 4.78 is 10.1. The van der Waals surface area contributed by atoms with Crippen LogP contribution in [0.25, 0.3) is 0 Å². The van der Waals surface area contributed by atoms with E-state index in [1.165, 1.54) is 0 Å². The first-order valence-corrected chi connectivity index (χ1v) is 7.93. The van der Waals surface area contributed by atoms with Crippen LogP contribution < -0.4 is 0 Å². The molecule has 0 aliphatic rings. The zero-order chi connectivity index (χ0) is 15.1. The topological polar surface area (TPSA) is 86.7 Å². The molecule has 0 heterocycles. The van der Waals surface area contributed by atoms with Crippen molar-refractivity contribution < 1.29 is 48.9 Å². The third-order valence-electron chi connectivity index (χ3n) is 2.68. The number of ketones is 3. The molecule has 0 atom stereocenters. The van der Waals surface area contributed by atoms with Crippen LogP contribution in [0.1, 0.15) is 40.5 Å². The van der Waals surface area contributed by atoms with Gasteiger partial charge in [-0.15, -0.1) is 0 Å². The van der Waals surface area contributed by atoms with Gasteiger partial charge < -0.3 is 0 Å². The fraction of sp³-hybridized carbons (Fsp3) is 0.667. The number of carbonyl (C=O) groups is 4. The molecule has 0 rings (SSSR count). The van der Waals surface area contributed by atoms with E-state index in [0.717, 1.165) is 33.6 Å². The molecule has 0 bridgehead atoms. The summed E-state index contributed by atoms with van der Waals surface area (Å²) in [6, 6.07) is 0. The minimum atomic E-state index is -2.31. The van der Waals surface area contributed by atoms with Crippen LogP contribution in [0.4, 0.5) is 0 Å². The second-order valence-electron chi connectivity index (χ2n) is 4.09. The molecule has 6 nitrogen and oxygen atoms in total. The molecule has 7 heteroatoms. The molecule has 0 spiro atoms. The molecule has 0 saturated heterocycles. The number of rotatable bonds is 9. The molecule has 0 aliphatic heterocycles. The van der Waals surface area contributed by atoms with Gasteiger partial charge in [0.15, 0.2) is 0 Å². The Morgan fingerprint density at radius 2 is 1.47 bits per heavy atom. The molecule has 0 amide bonds. The summed E-state index contributed by atoms with van der Waals surface area (Å²) in [7, 11) is 0. The van der Waals surface area contributed by atoms with Gasteiger partial charge in [0.05, 0.1) is 0 Å². The summed E-state index contributed by atoms with van der Waals surface area (Å²) in [4.78, 5) is 46.6. The zero-order valence-electron chi connectivity index (χ0n) is 11.6. The van der Waals surface area contributed by atoms with E-state index in [1.807, 2.05) is 6.92 Å². The van der Waals surface area contributed by atoms with Crippen molar-refractivity contribution in [1.82, 2.24) is 0 Å². The summed E-state index contributed by atoms with van der Waals surface area (Å²) in [5.74, 6) is -3.54. The molecule has 0 N–H and O–H groups in total. The summed E-state index contributed by atoms with van der Waals surface area (Å²) in [5, 5.41) is 0. The van der Waals surface area contributed by atoms with E-state index >= 15 is 0 Å². The average molecular weight is 349 g/mol. The molecule has 19 heavy (non-hydrogen) atoms. The van der Waals surface area contributed by atoms with Gasteiger partial charge >= 0.3 is 125 Å². The fourth-order valence-electron chi connectivity index (χ4n) is 1.58. The second kappa shape index (κ2) is 8.49. The Morgan fingerprint density at radius 3 is 1.84 bits per heavy atom. The molecular weight excluding hydrogens is 331 g/mol. The van der Waals surface area contributed by atoms with Gasteiger partial charge in [0.25, 0.3) is 0 Å². The molecule has 0 aromatic heterocycles. The van der Waals surface area contributed by atoms with Gasteiger partial charge in [0.1, 0.15) is 0 Å². The molecule has 0 unspecified atom stereocenters. The first kappa shape index (κ1) is 18.3. The monoisotopic (exact) mass is 348 g/mol. The molecule has 0 fully saturated rings. The average Bonchev–Trinajstić information content (AvgIpc) is 2.27. The van der Waals surface area contributed by atoms with Crippen LogP contribution in [0.3, 0.4) is 0 Å². The molecule has 0 aromatic rings. The summed E-state index contributed by atoms with van der Waals surface area (Å²) in [6.45, 7) is 5.57. The van der Waals surface area contributed by atoms with Crippen molar-refractivity contribution in [2.75, 3.05) is 6.61 Å². The number of Topliss-reactive ketones (excluding diaryl/α,β-unsaturated/α-hetero) is 3. The third kappa shape index (κ3) is 4.42. The Hall–Kier alpha value is -0.677. The summed E-state index contributed by atoms with van der Waals surface area (Å²) in [6.07, 6.45) is 1.79. The van der Waals surface area contributed by atoms with Crippen molar-refractivity contribution >= 4 is 23.3 Å². The summed E-state index contributed by atoms with van der Waals surface area (Å²) >= 11 is -1.92. The SMILES string of the molecule is CCCC[O][Zr][O]C(=O)C(C(C)=O)(C(C)=O)C(C)=O. The van der Waals surface area contributed by atoms with Crippen LogP contribution in [0.2, 0.25) is 0 Å². The normalized spacial score (nSPS) is 10.7. The van der Waals surface area contributed by atoms with E-state index < -0.39 is 52.8 Å². The van der Waals surface area contributed by atoms with Gasteiger partial charge in [-0.1, -0.05) is 0 Å². The standard InChI is InChI=1S/C8H10O5.C4H9O.Zr/c1-4(9)8(5(2)10,6(3)11)7(12)13;1-2-3-4-5;/h1-3H3,(H,12,13);2-4H2,1H3;/q;-1;+2/p-1. The van der Waals surface area contributed by atoms with Crippen LogP contribution in [-0.4, -0.2) is 29.9 Å². The van der Waals surface area contributed by atoms with Crippen molar-refractivity contribution in [2.24, 2.45) is 5.41 Å². The van der Waals surface area contributed by atoms with Crippen LogP contribution in [0.5, 0.6) is 0 Å². The van der Waals surface area contributed by atoms with E-state index in [-0.39, 0.29) is 0 Å². The Morgan fingerprint density at radius 1 is 1.00 bits per heavy atom. The van der Waals surface area contributed by atoms with Crippen LogP contribution >= 0.6 is 0 Å². The quantitative estimate of drug-likeness (QED) is 0.456. The van der Waals surface area contributed by atoms with E-state index in [1.54, 1.807) is 0 Å². The van der Waals surface area contributed by atoms with Gasteiger partial charge in [-0.2, -0.15) is 0 Å². The molecule has 0 saturated carbocycles. The second-order valence-corrected chi connectivity index (χ2v) is 5.71. The van der Waals surface area contributed by atoms with Crippen LogP contribution in [-0.2, 0) is 48.9 Å². The predicted octanol–water partition coefficient (Wildman–Crippen LogP) is 1.01. The van der Waals surface area contributed by atoms with Gasteiger partial charge in [-0.05, 0) is 0 Å². The van der Waals surface area contributed by atoms with Gasteiger partial charge in [0.2, 0.25) is 0 Å². The van der Waals surface area contributed by atoms with Crippen LogP contribution in [0.15, 0.2) is 0 Å². The molecule has 0 aliphatic carbocycles. The van der Waals surface area contributed by atoms with E-state index in [9.17, 15) is 19.2 Å². The molecule has 0 aromatic carbocycles. The fourth-order valence-corrected chi connectivity index (χ4v) is 2.84. The summed E-state index contributed by atoms with van der Waals surface area (Å²) in [5.41, 5.74) is -2.31. The van der Waals surface area contributed by atoms with Crippen LogP contribution in [0, 0.1) is 5.41 Å². The molecule has 106 valence electrons. The Balaban J connectivity index is 4.80. The minimum absolute atomic E-state index is 0.475. The first-order valence-electron chi connectivity index (χ1n) is 5.92. The number of unbranched alkanes of at least 4 members (excludes halogenated alkanes) is 1. The van der Waals surface area contributed by atoms with Gasteiger partial charge in [-0.3, -0.25) is 0 Å².